The number of alkyl halides is 1. The zero-order valence-corrected chi connectivity index (χ0v) is 13.2. The summed E-state index contributed by atoms with van der Waals surface area (Å²) in [5.41, 5.74) is 1.73. The van der Waals surface area contributed by atoms with Gasteiger partial charge in [0.1, 0.15) is 11.6 Å². The van der Waals surface area contributed by atoms with Crippen LogP contribution in [0, 0.1) is 5.82 Å². The van der Waals surface area contributed by atoms with Gasteiger partial charge in [-0.1, -0.05) is 20.8 Å². The molecule has 0 saturated heterocycles. The quantitative estimate of drug-likeness (QED) is 0.695. The number of aromatic nitrogens is 2. The summed E-state index contributed by atoms with van der Waals surface area (Å²) in [4.78, 5) is 4.67. The summed E-state index contributed by atoms with van der Waals surface area (Å²) in [6.45, 7) is 6.55. The smallest absolute Gasteiger partial charge is 0.125 e. The molecule has 0 atom stereocenters. The monoisotopic (exact) mass is 296 g/mol. The lowest BCUT2D eigenvalue weighted by molar-refractivity contribution is 0.251. The van der Waals surface area contributed by atoms with Crippen molar-refractivity contribution in [3.05, 3.63) is 29.8 Å². The second-order valence-electron chi connectivity index (χ2n) is 5.22. The topological polar surface area (TPSA) is 17.8 Å². The first-order valence-corrected chi connectivity index (χ1v) is 7.88. The van der Waals surface area contributed by atoms with Gasteiger partial charge in [-0.05, 0) is 37.5 Å². The van der Waals surface area contributed by atoms with Crippen molar-refractivity contribution < 1.29 is 4.39 Å². The van der Waals surface area contributed by atoms with Crippen molar-refractivity contribution in [3.63, 3.8) is 0 Å². The fourth-order valence-electron chi connectivity index (χ4n) is 3.10. The first-order valence-electron chi connectivity index (χ1n) is 7.35. The van der Waals surface area contributed by atoms with Gasteiger partial charge < -0.3 is 4.57 Å². The number of rotatable bonds is 6. The molecule has 1 heterocycles. The normalized spacial score (nSPS) is 12.2. The predicted octanol–water partition coefficient (Wildman–Crippen LogP) is 4.88. The minimum Gasteiger partial charge on any atom is -0.322 e. The van der Waals surface area contributed by atoms with Crippen molar-refractivity contribution >= 4 is 22.6 Å². The number of nitrogens with zero attached hydrogens (tertiary/aromatic N) is 2. The van der Waals surface area contributed by atoms with Crippen LogP contribution in [-0.2, 0) is 12.0 Å². The van der Waals surface area contributed by atoms with Gasteiger partial charge >= 0.3 is 0 Å². The van der Waals surface area contributed by atoms with Crippen LogP contribution in [0.25, 0.3) is 11.0 Å². The second kappa shape index (κ2) is 6.13. The summed E-state index contributed by atoms with van der Waals surface area (Å²) in [6.07, 6.45) is 3.70. The molecule has 2 nitrogen and oxygen atoms in total. The van der Waals surface area contributed by atoms with Crippen molar-refractivity contribution in [3.8, 4) is 0 Å². The highest BCUT2D eigenvalue weighted by Crippen LogP contribution is 2.34. The number of aryl methyl sites for hydroxylation is 1. The van der Waals surface area contributed by atoms with E-state index in [1.165, 1.54) is 6.07 Å². The van der Waals surface area contributed by atoms with E-state index in [2.05, 4.69) is 30.3 Å². The summed E-state index contributed by atoms with van der Waals surface area (Å²) < 4.78 is 15.9. The Labute approximate surface area is 125 Å². The molecule has 0 radical (unpaired) electrons. The van der Waals surface area contributed by atoms with Crippen LogP contribution in [0.15, 0.2) is 18.2 Å². The molecule has 4 heteroatoms. The van der Waals surface area contributed by atoms with Gasteiger partial charge in [-0.15, -0.1) is 11.6 Å². The summed E-state index contributed by atoms with van der Waals surface area (Å²) in [7, 11) is 0. The Kier molecular flexibility index (Phi) is 4.69. The van der Waals surface area contributed by atoms with Gasteiger partial charge in [0.15, 0.2) is 0 Å². The van der Waals surface area contributed by atoms with Gasteiger partial charge in [-0.25, -0.2) is 9.37 Å². The largest absolute Gasteiger partial charge is 0.322 e. The Balaban J connectivity index is 2.75. The fourth-order valence-corrected chi connectivity index (χ4v) is 3.27. The van der Waals surface area contributed by atoms with E-state index in [1.54, 1.807) is 12.1 Å². The van der Waals surface area contributed by atoms with Crippen LogP contribution in [0.4, 0.5) is 4.39 Å². The maximum atomic E-state index is 13.6. The lowest BCUT2D eigenvalue weighted by Crippen LogP contribution is -2.33. The number of benzene rings is 1. The predicted molar refractivity (Wildman–Crippen MR) is 83.0 cm³/mol. The molecule has 0 aliphatic heterocycles. The van der Waals surface area contributed by atoms with Gasteiger partial charge in [0.2, 0.25) is 0 Å². The fraction of sp³-hybridized carbons (Fsp3) is 0.562. The van der Waals surface area contributed by atoms with E-state index < -0.39 is 0 Å². The minimum absolute atomic E-state index is 0.00998. The van der Waals surface area contributed by atoms with Gasteiger partial charge in [0.25, 0.3) is 0 Å². The summed E-state index contributed by atoms with van der Waals surface area (Å²) in [6, 6.07) is 4.82. The average Bonchev–Trinajstić information content (AvgIpc) is 2.81. The van der Waals surface area contributed by atoms with Crippen LogP contribution in [0.5, 0.6) is 0 Å². The highest BCUT2D eigenvalue weighted by Gasteiger charge is 2.30. The number of hydrogen-bond donors (Lipinski definition) is 0. The van der Waals surface area contributed by atoms with Crippen LogP contribution in [0.3, 0.4) is 0 Å². The molecule has 0 bridgehead atoms. The van der Waals surface area contributed by atoms with Crippen LogP contribution in [-0.4, -0.2) is 15.4 Å². The molecule has 0 N–H and O–H groups in total. The molecule has 2 aromatic rings. The third-order valence-electron chi connectivity index (χ3n) is 4.45. The Bertz CT molecular complexity index is 579. The van der Waals surface area contributed by atoms with Crippen molar-refractivity contribution in [2.24, 2.45) is 0 Å². The van der Waals surface area contributed by atoms with Crippen LogP contribution in [0.2, 0.25) is 0 Å². The van der Waals surface area contributed by atoms with Crippen molar-refractivity contribution in [2.75, 3.05) is 5.88 Å². The molecule has 0 unspecified atom stereocenters. The second-order valence-corrected chi connectivity index (χ2v) is 5.60. The highest BCUT2D eigenvalue weighted by molar-refractivity contribution is 6.17. The molecule has 0 aliphatic rings. The molecule has 0 saturated carbocycles. The number of imidazole rings is 1. The zero-order chi connectivity index (χ0) is 14.8. The third kappa shape index (κ3) is 2.44. The maximum Gasteiger partial charge on any atom is 0.125 e. The van der Waals surface area contributed by atoms with Gasteiger partial charge in [-0.3, -0.25) is 0 Å². The Morgan fingerprint density at radius 1 is 1.20 bits per heavy atom. The van der Waals surface area contributed by atoms with E-state index in [4.69, 9.17) is 11.6 Å². The van der Waals surface area contributed by atoms with Crippen molar-refractivity contribution in [1.82, 2.24) is 9.55 Å². The molecule has 2 rings (SSSR count). The number of hydrogen-bond acceptors (Lipinski definition) is 1. The van der Waals surface area contributed by atoms with Gasteiger partial charge in [-0.2, -0.15) is 0 Å². The first kappa shape index (κ1) is 15.3. The molecule has 0 fully saturated rings. The molecule has 110 valence electrons. The molecule has 1 aromatic heterocycles. The molecule has 20 heavy (non-hydrogen) atoms. The van der Waals surface area contributed by atoms with E-state index in [0.29, 0.717) is 12.3 Å². The SMILES string of the molecule is CCC(CC)(CC)n1c(CCCl)nc2ccc(F)cc21. The molecule has 0 spiro atoms. The Morgan fingerprint density at radius 2 is 1.85 bits per heavy atom. The minimum atomic E-state index is -0.215. The third-order valence-corrected chi connectivity index (χ3v) is 4.64. The van der Waals surface area contributed by atoms with E-state index in [0.717, 1.165) is 36.1 Å². The van der Waals surface area contributed by atoms with E-state index in [-0.39, 0.29) is 11.4 Å². The van der Waals surface area contributed by atoms with Crippen molar-refractivity contribution in [1.29, 1.82) is 0 Å². The molecule has 1 aromatic carbocycles. The Hall–Kier alpha value is -1.09. The molecule has 0 amide bonds. The lowest BCUT2D eigenvalue weighted by atomic mass is 9.89. The zero-order valence-electron chi connectivity index (χ0n) is 12.4. The summed E-state index contributed by atoms with van der Waals surface area (Å²) in [5.74, 6) is 1.28. The molecular formula is C16H22ClFN2. The van der Waals surface area contributed by atoms with Crippen LogP contribution in [0.1, 0.15) is 45.9 Å². The van der Waals surface area contributed by atoms with E-state index in [1.807, 2.05) is 0 Å². The average molecular weight is 297 g/mol. The van der Waals surface area contributed by atoms with Gasteiger partial charge in [0, 0.05) is 17.8 Å². The first-order chi connectivity index (χ1) is 9.61. The summed E-state index contributed by atoms with van der Waals surface area (Å²) >= 11 is 5.92. The van der Waals surface area contributed by atoms with Crippen LogP contribution < -0.4 is 0 Å². The van der Waals surface area contributed by atoms with Gasteiger partial charge in [0.05, 0.1) is 11.0 Å². The maximum absolute atomic E-state index is 13.6. The lowest BCUT2D eigenvalue weighted by Gasteiger charge is -2.34. The van der Waals surface area contributed by atoms with Crippen molar-refractivity contribution in [2.45, 2.75) is 52.0 Å². The number of fused-ring (bicyclic) bond motifs is 1. The molecular weight excluding hydrogens is 275 g/mol. The molecule has 0 aliphatic carbocycles. The highest BCUT2D eigenvalue weighted by atomic mass is 35.5. The van der Waals surface area contributed by atoms with E-state index in [9.17, 15) is 4.39 Å². The van der Waals surface area contributed by atoms with Crippen LogP contribution >= 0.6 is 11.6 Å². The Morgan fingerprint density at radius 3 is 2.40 bits per heavy atom. The van der Waals surface area contributed by atoms with E-state index >= 15 is 0 Å². The summed E-state index contributed by atoms with van der Waals surface area (Å²) in [5, 5.41) is 0. The number of halogens is 2. The standard InChI is InChI=1S/C16H22ClFN2/c1-4-16(5-2,6-3)20-14-11-12(18)7-8-13(14)19-15(20)9-10-17/h7-8,11H,4-6,9-10H2,1-3H3.